The molecule has 4 nitrogen and oxygen atoms in total. The second kappa shape index (κ2) is 29.4. The van der Waals surface area contributed by atoms with Gasteiger partial charge in [0.15, 0.2) is 0 Å². The van der Waals surface area contributed by atoms with Crippen molar-refractivity contribution in [2.75, 3.05) is 13.2 Å². The SMILES string of the molecule is O=C(CCCCCCc1cc(-c2ccc(-c3ccccc3)s2)sc1-c1ccc(-c2ccc(-c3ccccc3)s2)s1)OC[C@@H]1[C@H](COC(=O)CCCCCCc2cc(-c3ccc(-c4ccccc4)s3)sc2-c2ccc(-c3ccc(-c4ccccc4)s3)s2)[C@@H]2C=C[C@H]1C2. The summed E-state index contributed by atoms with van der Waals surface area (Å²) in [6, 6.07) is 74.9. The first-order valence-electron chi connectivity index (χ1n) is 32.0. The lowest BCUT2D eigenvalue weighted by molar-refractivity contribution is -0.150. The molecule has 0 amide bonds. The molecule has 0 spiro atoms. The lowest BCUT2D eigenvalue weighted by atomic mass is 9.84. The molecule has 1 saturated carbocycles. The van der Waals surface area contributed by atoms with Crippen molar-refractivity contribution in [2.45, 2.75) is 83.5 Å². The van der Waals surface area contributed by atoms with E-state index in [0.29, 0.717) is 37.9 Å². The van der Waals surface area contributed by atoms with Crippen molar-refractivity contribution < 1.29 is 19.1 Å². The van der Waals surface area contributed by atoms with Crippen LogP contribution in [0, 0.1) is 23.7 Å². The summed E-state index contributed by atoms with van der Waals surface area (Å²) in [5, 5.41) is 0. The summed E-state index contributed by atoms with van der Waals surface area (Å²) in [5.74, 6) is 0.875. The van der Waals surface area contributed by atoms with Crippen LogP contribution in [0.5, 0.6) is 0 Å². The van der Waals surface area contributed by atoms with Crippen LogP contribution >= 0.6 is 90.7 Å². The number of benzene rings is 4. The highest BCUT2D eigenvalue weighted by Crippen LogP contribution is 2.51. The fourth-order valence-electron chi connectivity index (χ4n) is 12.9. The summed E-state index contributed by atoms with van der Waals surface area (Å²) < 4.78 is 12.0. The van der Waals surface area contributed by atoms with Crippen LogP contribution in [0.4, 0.5) is 0 Å². The second-order valence-corrected chi connectivity index (χ2v) is 32.5. The fraction of sp³-hybridized carbons (Fsp3) is 0.241. The van der Waals surface area contributed by atoms with Crippen LogP contribution in [-0.2, 0) is 31.9 Å². The number of thiophene rings is 8. The first-order chi connectivity index (χ1) is 44.9. The highest BCUT2D eigenvalue weighted by Gasteiger charge is 2.45. The molecule has 14 rings (SSSR count). The summed E-state index contributed by atoms with van der Waals surface area (Å²) >= 11 is 15.1. The fourth-order valence-corrected chi connectivity index (χ4v) is 22.0. The zero-order valence-electron chi connectivity index (χ0n) is 50.6. The van der Waals surface area contributed by atoms with E-state index in [9.17, 15) is 9.59 Å². The molecule has 8 aromatic heterocycles. The minimum Gasteiger partial charge on any atom is -0.465 e. The van der Waals surface area contributed by atoms with E-state index in [4.69, 9.17) is 9.47 Å². The number of carbonyl (C=O) groups excluding carboxylic acids is 2. The molecular weight excluding hydrogens is 1270 g/mol. The van der Waals surface area contributed by atoms with Crippen LogP contribution in [-0.4, -0.2) is 25.2 Å². The van der Waals surface area contributed by atoms with E-state index in [2.05, 4.69) is 218 Å². The van der Waals surface area contributed by atoms with Gasteiger partial charge in [-0.05, 0) is 175 Å². The average molecular weight is 1340 g/mol. The third-order valence-corrected chi connectivity index (χ3v) is 27.9. The number of rotatable bonds is 28. The number of hydrogen-bond donors (Lipinski definition) is 0. The van der Waals surface area contributed by atoms with Crippen molar-refractivity contribution >= 4 is 103 Å². The quantitative estimate of drug-likeness (QED) is 0.0279. The predicted octanol–water partition coefficient (Wildman–Crippen LogP) is 25.1. The summed E-state index contributed by atoms with van der Waals surface area (Å²) in [5.41, 5.74) is 7.85. The first-order valence-corrected chi connectivity index (χ1v) is 38.5. The average Bonchev–Trinajstić information content (AvgIpc) is 2.08. The molecule has 8 heterocycles. The number of aryl methyl sites for hydroxylation is 2. The van der Waals surface area contributed by atoms with Crippen LogP contribution in [0.2, 0.25) is 0 Å². The molecular formula is C79H70O4S8. The molecule has 2 bridgehead atoms. The van der Waals surface area contributed by atoms with Gasteiger partial charge in [-0.15, -0.1) is 90.7 Å². The van der Waals surface area contributed by atoms with Crippen molar-refractivity contribution in [3.05, 3.63) is 230 Å². The number of esters is 2. The molecule has 1 fully saturated rings. The maximum Gasteiger partial charge on any atom is 0.305 e. The Hall–Kier alpha value is -6.84. The van der Waals surface area contributed by atoms with Crippen molar-refractivity contribution in [1.82, 2.24) is 0 Å². The third kappa shape index (κ3) is 14.8. The van der Waals surface area contributed by atoms with E-state index in [0.717, 1.165) is 70.6 Å². The largest absolute Gasteiger partial charge is 0.465 e. The van der Waals surface area contributed by atoms with Gasteiger partial charge in [-0.1, -0.05) is 159 Å². The molecule has 0 aliphatic heterocycles. The Kier molecular flexibility index (Phi) is 19.9. The molecule has 4 atom stereocenters. The lowest BCUT2D eigenvalue weighted by Gasteiger charge is -2.27. The Balaban J connectivity index is 0.530. The van der Waals surface area contributed by atoms with Crippen LogP contribution in [0.15, 0.2) is 218 Å². The Morgan fingerprint density at radius 2 is 0.593 bits per heavy atom. The minimum absolute atomic E-state index is 0.114. The van der Waals surface area contributed by atoms with Crippen LogP contribution < -0.4 is 0 Å². The van der Waals surface area contributed by atoms with Crippen molar-refractivity contribution in [3.63, 3.8) is 0 Å². The van der Waals surface area contributed by atoms with Gasteiger partial charge in [0.1, 0.15) is 0 Å². The number of ether oxygens (including phenoxy) is 2. The highest BCUT2D eigenvalue weighted by molar-refractivity contribution is 7.30. The van der Waals surface area contributed by atoms with Gasteiger partial charge >= 0.3 is 11.9 Å². The van der Waals surface area contributed by atoms with Gasteiger partial charge in [0.25, 0.3) is 0 Å². The third-order valence-electron chi connectivity index (χ3n) is 17.7. The van der Waals surface area contributed by atoms with E-state index in [1.807, 2.05) is 90.7 Å². The second-order valence-electron chi connectivity index (χ2n) is 23.8. The number of hydrogen-bond acceptors (Lipinski definition) is 12. The number of unbranched alkanes of at least 4 members (excludes halogenated alkanes) is 6. The van der Waals surface area contributed by atoms with Crippen molar-refractivity contribution in [3.8, 4) is 100 Å². The maximum absolute atomic E-state index is 13.3. The van der Waals surface area contributed by atoms with Crippen molar-refractivity contribution in [2.24, 2.45) is 23.7 Å². The van der Waals surface area contributed by atoms with Gasteiger partial charge in [0.2, 0.25) is 0 Å². The number of allylic oxidation sites excluding steroid dienone is 2. The van der Waals surface area contributed by atoms with E-state index in [1.165, 1.54) is 111 Å². The molecule has 2 aliphatic rings. The van der Waals surface area contributed by atoms with Gasteiger partial charge in [0.05, 0.1) is 13.2 Å². The zero-order valence-corrected chi connectivity index (χ0v) is 57.1. The van der Waals surface area contributed by atoms with E-state index >= 15 is 0 Å². The summed E-state index contributed by atoms with van der Waals surface area (Å²) in [7, 11) is 0. The molecule has 12 heteroatoms. The Morgan fingerprint density at radius 3 is 0.934 bits per heavy atom. The normalized spacial score (nSPS) is 15.9. The smallest absolute Gasteiger partial charge is 0.305 e. The number of carbonyl (C=O) groups is 2. The molecule has 2 aliphatic carbocycles. The summed E-state index contributed by atoms with van der Waals surface area (Å²) in [6.45, 7) is 0.788. The Labute approximate surface area is 566 Å². The van der Waals surface area contributed by atoms with Gasteiger partial charge in [-0.2, -0.15) is 0 Å². The highest BCUT2D eigenvalue weighted by atomic mass is 32.1. The molecule has 458 valence electrons. The molecule has 0 saturated heterocycles. The van der Waals surface area contributed by atoms with E-state index < -0.39 is 0 Å². The van der Waals surface area contributed by atoms with Crippen LogP contribution in [0.3, 0.4) is 0 Å². The summed E-state index contributed by atoms with van der Waals surface area (Å²) in [6.07, 6.45) is 16.4. The number of fused-ring (bicyclic) bond motifs is 2. The van der Waals surface area contributed by atoms with Gasteiger partial charge in [0, 0.05) is 103 Å². The molecule has 4 aromatic carbocycles. The standard InChI is InChI=1S/C79H70O4S8/c80-76(31-19-3-1-9-29-58-48-74(70-41-37-64(86-70)54-25-15-7-16-26-54)90-78(58)72-45-43-68(88-72)66-39-35-62(84-66)52-21-11-5-12-22-52)82-50-60-56-33-34-57(47-56)61(60)51-83-77(81)32-20-4-2-10-30-59-49-75(71-42-38-65(87-71)55-27-17-8-18-28-55)91-79(59)73-46-44-69(89-73)67-40-36-63(85-67)53-23-13-6-14-24-53/h5-8,11-18,21-28,33-46,48-49,56-57,60-61H,1-4,9-10,19-20,29-32,47,50-51H2/t56-,57+,60-,61+. The summed E-state index contributed by atoms with van der Waals surface area (Å²) in [4.78, 5) is 47.6. The molecule has 0 unspecified atom stereocenters. The topological polar surface area (TPSA) is 52.6 Å². The van der Waals surface area contributed by atoms with Crippen LogP contribution in [0.1, 0.15) is 81.8 Å². The lowest BCUT2D eigenvalue weighted by Crippen LogP contribution is -2.30. The Morgan fingerprint density at radius 1 is 0.308 bits per heavy atom. The molecule has 0 N–H and O–H groups in total. The zero-order chi connectivity index (χ0) is 61.3. The first kappa shape index (κ1) is 61.7. The predicted molar refractivity (Wildman–Crippen MR) is 393 cm³/mol. The van der Waals surface area contributed by atoms with Gasteiger partial charge in [-0.3, -0.25) is 9.59 Å². The van der Waals surface area contributed by atoms with E-state index in [-0.39, 0.29) is 23.8 Å². The Bertz CT molecular complexity index is 4090. The molecule has 91 heavy (non-hydrogen) atoms. The maximum atomic E-state index is 13.3. The van der Waals surface area contributed by atoms with Gasteiger partial charge in [-0.25, -0.2) is 0 Å². The van der Waals surface area contributed by atoms with Gasteiger partial charge < -0.3 is 9.47 Å². The molecule has 0 radical (unpaired) electrons. The molecule has 12 aromatic rings. The monoisotopic (exact) mass is 1340 g/mol. The van der Waals surface area contributed by atoms with Crippen LogP contribution in [0.25, 0.3) is 100 Å². The van der Waals surface area contributed by atoms with E-state index in [1.54, 1.807) is 0 Å². The van der Waals surface area contributed by atoms with Crippen molar-refractivity contribution in [1.29, 1.82) is 0 Å². The minimum atomic E-state index is -0.114.